The van der Waals surface area contributed by atoms with Crippen LogP contribution in [0.15, 0.2) is 59.8 Å². The van der Waals surface area contributed by atoms with E-state index in [1.165, 1.54) is 0 Å². The number of morpholine rings is 1. The third-order valence-corrected chi connectivity index (χ3v) is 4.77. The molecule has 0 bridgehead atoms. The second-order valence-electron chi connectivity index (χ2n) is 6.59. The van der Waals surface area contributed by atoms with Gasteiger partial charge in [-0.15, -0.1) is 0 Å². The first kappa shape index (κ1) is 19.0. The fourth-order valence-corrected chi connectivity index (χ4v) is 3.22. The average molecular weight is 392 g/mol. The molecule has 7 heteroatoms. The summed E-state index contributed by atoms with van der Waals surface area (Å²) in [5.41, 5.74) is 3.50. The van der Waals surface area contributed by atoms with Gasteiger partial charge in [0.15, 0.2) is 0 Å². The molecule has 0 N–H and O–H groups in total. The number of methoxy groups -OCH3 is 2. The van der Waals surface area contributed by atoms with Gasteiger partial charge in [0, 0.05) is 17.3 Å². The lowest BCUT2D eigenvalue weighted by molar-refractivity contribution is 0.0397. The van der Waals surface area contributed by atoms with Crippen molar-refractivity contribution in [1.29, 1.82) is 0 Å². The molecule has 1 aliphatic heterocycles. The number of nitrogens with zero attached hydrogens (tertiary/aromatic N) is 4. The van der Waals surface area contributed by atoms with E-state index in [9.17, 15) is 0 Å². The zero-order chi connectivity index (χ0) is 20.1. The van der Waals surface area contributed by atoms with E-state index in [0.717, 1.165) is 47.1 Å². The summed E-state index contributed by atoms with van der Waals surface area (Å²) in [5.74, 6) is 1.47. The van der Waals surface area contributed by atoms with E-state index in [1.807, 2.05) is 70.6 Å². The predicted octanol–water partition coefficient (Wildman–Crippen LogP) is 3.22. The number of aromatic nitrogens is 2. The highest BCUT2D eigenvalue weighted by Gasteiger charge is 2.17. The number of hydrogen-bond acceptors (Lipinski definition) is 6. The lowest BCUT2D eigenvalue weighted by Crippen LogP contribution is -2.32. The molecule has 29 heavy (non-hydrogen) atoms. The molecule has 0 spiro atoms. The molecule has 7 nitrogen and oxygen atoms in total. The summed E-state index contributed by atoms with van der Waals surface area (Å²) in [6.45, 7) is 2.94. The second kappa shape index (κ2) is 8.79. The highest BCUT2D eigenvalue weighted by Crippen LogP contribution is 2.34. The van der Waals surface area contributed by atoms with Crippen molar-refractivity contribution in [3.05, 3.63) is 60.3 Å². The lowest BCUT2D eigenvalue weighted by atomic mass is 10.1. The van der Waals surface area contributed by atoms with Gasteiger partial charge in [-0.25, -0.2) is 4.68 Å². The maximum atomic E-state index is 5.59. The molecule has 0 unspecified atom stereocenters. The molecule has 1 fully saturated rings. The molecule has 1 aliphatic rings. The van der Waals surface area contributed by atoms with Gasteiger partial charge in [0.05, 0.1) is 52.4 Å². The monoisotopic (exact) mass is 392 g/mol. The third-order valence-electron chi connectivity index (χ3n) is 4.77. The van der Waals surface area contributed by atoms with Crippen LogP contribution in [-0.2, 0) is 4.74 Å². The number of hydrogen-bond donors (Lipinski definition) is 0. The van der Waals surface area contributed by atoms with Crippen molar-refractivity contribution in [2.24, 2.45) is 5.10 Å². The average Bonchev–Trinajstić information content (AvgIpc) is 3.22. The van der Waals surface area contributed by atoms with E-state index in [1.54, 1.807) is 14.2 Å². The highest BCUT2D eigenvalue weighted by molar-refractivity contribution is 5.90. The summed E-state index contributed by atoms with van der Waals surface area (Å²) >= 11 is 0. The van der Waals surface area contributed by atoms with Gasteiger partial charge >= 0.3 is 0 Å². The minimum Gasteiger partial charge on any atom is -0.497 e. The Labute approximate surface area is 170 Å². The van der Waals surface area contributed by atoms with Crippen LogP contribution >= 0.6 is 0 Å². The normalized spacial score (nSPS) is 14.3. The molecule has 2 aromatic carbocycles. The molecule has 3 aromatic rings. The first-order valence-electron chi connectivity index (χ1n) is 9.52. The van der Waals surface area contributed by atoms with Crippen molar-refractivity contribution in [3.63, 3.8) is 0 Å². The van der Waals surface area contributed by atoms with Gasteiger partial charge in [0.25, 0.3) is 0 Å². The fraction of sp³-hybridized carbons (Fsp3) is 0.273. The van der Waals surface area contributed by atoms with Gasteiger partial charge in [0.1, 0.15) is 17.2 Å². The Hall–Kier alpha value is -3.32. The molecular weight excluding hydrogens is 368 g/mol. The number of rotatable bonds is 6. The fourth-order valence-electron chi connectivity index (χ4n) is 3.22. The van der Waals surface area contributed by atoms with Crippen LogP contribution in [0.25, 0.3) is 16.9 Å². The van der Waals surface area contributed by atoms with Gasteiger partial charge in [-0.1, -0.05) is 18.2 Å². The first-order chi connectivity index (χ1) is 14.3. The van der Waals surface area contributed by atoms with Gasteiger partial charge in [-0.3, -0.25) is 5.01 Å². The topological polar surface area (TPSA) is 61.1 Å². The second-order valence-corrected chi connectivity index (χ2v) is 6.59. The number of benzene rings is 2. The summed E-state index contributed by atoms with van der Waals surface area (Å²) in [7, 11) is 3.30. The van der Waals surface area contributed by atoms with Crippen LogP contribution in [0.3, 0.4) is 0 Å². The van der Waals surface area contributed by atoms with Crippen LogP contribution < -0.4 is 9.47 Å². The Morgan fingerprint density at radius 1 is 1.03 bits per heavy atom. The summed E-state index contributed by atoms with van der Waals surface area (Å²) in [5, 5.41) is 11.5. The summed E-state index contributed by atoms with van der Waals surface area (Å²) in [6.07, 6.45) is 3.83. The molecule has 1 saturated heterocycles. The summed E-state index contributed by atoms with van der Waals surface area (Å²) < 4.78 is 18.3. The zero-order valence-electron chi connectivity index (χ0n) is 16.6. The summed E-state index contributed by atoms with van der Waals surface area (Å²) in [6, 6.07) is 15.7. The van der Waals surface area contributed by atoms with Crippen molar-refractivity contribution in [3.8, 4) is 28.4 Å². The molecule has 0 saturated carbocycles. The maximum Gasteiger partial charge on any atom is 0.128 e. The van der Waals surface area contributed by atoms with Crippen LogP contribution in [0, 0.1) is 0 Å². The van der Waals surface area contributed by atoms with E-state index in [2.05, 4.69) is 5.10 Å². The molecular formula is C22H24N4O3. The number of para-hydroxylation sites is 1. The quantitative estimate of drug-likeness (QED) is 0.603. The molecule has 4 rings (SSSR count). The van der Waals surface area contributed by atoms with E-state index < -0.39 is 0 Å². The largest absolute Gasteiger partial charge is 0.497 e. The van der Waals surface area contributed by atoms with Crippen LogP contribution in [0.2, 0.25) is 0 Å². The smallest absolute Gasteiger partial charge is 0.128 e. The Morgan fingerprint density at radius 3 is 2.55 bits per heavy atom. The standard InChI is InChI=1S/C22H24N4O3/c1-27-19-8-9-21(28-2)20(14-19)22-17(15-23-25-10-12-29-13-11-25)16-26(24-22)18-6-4-3-5-7-18/h3-9,14-16H,10-13H2,1-2H3/b23-15-. The molecule has 2 heterocycles. The number of ether oxygens (including phenoxy) is 3. The first-order valence-corrected chi connectivity index (χ1v) is 9.52. The van der Waals surface area contributed by atoms with E-state index in [-0.39, 0.29) is 0 Å². The van der Waals surface area contributed by atoms with Crippen LogP contribution in [0.1, 0.15) is 5.56 Å². The van der Waals surface area contributed by atoms with Crippen molar-refractivity contribution in [1.82, 2.24) is 14.8 Å². The molecule has 0 atom stereocenters. The Morgan fingerprint density at radius 2 is 1.83 bits per heavy atom. The van der Waals surface area contributed by atoms with Gasteiger partial charge in [-0.05, 0) is 30.3 Å². The van der Waals surface area contributed by atoms with Crippen LogP contribution in [0.5, 0.6) is 11.5 Å². The highest BCUT2D eigenvalue weighted by atomic mass is 16.5. The molecule has 0 radical (unpaired) electrons. The van der Waals surface area contributed by atoms with E-state index in [0.29, 0.717) is 13.2 Å². The van der Waals surface area contributed by atoms with Crippen molar-refractivity contribution >= 4 is 6.21 Å². The minimum atomic E-state index is 0.692. The molecule has 150 valence electrons. The Kier molecular flexibility index (Phi) is 5.76. The summed E-state index contributed by atoms with van der Waals surface area (Å²) in [4.78, 5) is 0. The van der Waals surface area contributed by atoms with Crippen molar-refractivity contribution in [2.45, 2.75) is 0 Å². The third kappa shape index (κ3) is 4.25. The minimum absolute atomic E-state index is 0.692. The molecule has 0 amide bonds. The Bertz CT molecular complexity index is 979. The zero-order valence-corrected chi connectivity index (χ0v) is 16.6. The van der Waals surface area contributed by atoms with Gasteiger partial charge in [0.2, 0.25) is 0 Å². The van der Waals surface area contributed by atoms with Crippen LogP contribution in [-0.4, -0.2) is 61.5 Å². The molecule has 1 aromatic heterocycles. The lowest BCUT2D eigenvalue weighted by Gasteiger charge is -2.23. The van der Waals surface area contributed by atoms with Gasteiger partial charge < -0.3 is 14.2 Å². The van der Waals surface area contributed by atoms with E-state index in [4.69, 9.17) is 19.3 Å². The van der Waals surface area contributed by atoms with Crippen molar-refractivity contribution < 1.29 is 14.2 Å². The SMILES string of the molecule is COc1ccc(OC)c(-c2nn(-c3ccccc3)cc2/C=N\N2CCOCC2)c1. The maximum absolute atomic E-state index is 5.59. The Balaban J connectivity index is 1.79. The molecule has 0 aliphatic carbocycles. The number of hydrazone groups is 1. The predicted molar refractivity (Wildman–Crippen MR) is 112 cm³/mol. The van der Waals surface area contributed by atoms with E-state index >= 15 is 0 Å². The van der Waals surface area contributed by atoms with Crippen LogP contribution in [0.4, 0.5) is 0 Å². The van der Waals surface area contributed by atoms with Gasteiger partial charge in [-0.2, -0.15) is 10.2 Å². The van der Waals surface area contributed by atoms with Crippen molar-refractivity contribution in [2.75, 3.05) is 40.5 Å².